The van der Waals surface area contributed by atoms with Crippen LogP contribution in [0.4, 0.5) is 4.39 Å². The van der Waals surface area contributed by atoms with Crippen LogP contribution in [0.15, 0.2) is 46.9 Å². The Morgan fingerprint density at radius 3 is 2.76 bits per heavy atom. The minimum atomic E-state index is -0.167. The van der Waals surface area contributed by atoms with Crippen LogP contribution in [0.3, 0.4) is 0 Å². The average Bonchev–Trinajstić information content (AvgIpc) is 2.59. The second-order valence-electron chi connectivity index (χ2n) is 5.73. The first-order valence-electron chi connectivity index (χ1n) is 7.30. The van der Waals surface area contributed by atoms with Crippen molar-refractivity contribution in [2.75, 3.05) is 0 Å². The fourth-order valence-corrected chi connectivity index (χ4v) is 4.63. The molecule has 0 fully saturated rings. The van der Waals surface area contributed by atoms with Crippen molar-refractivity contribution in [1.29, 1.82) is 0 Å². The second kappa shape index (κ2) is 6.62. The molecule has 110 valence electrons. The third kappa shape index (κ3) is 3.57. The molecule has 2 aromatic carbocycles. The van der Waals surface area contributed by atoms with E-state index in [1.54, 1.807) is 6.07 Å². The van der Waals surface area contributed by atoms with E-state index in [4.69, 9.17) is 0 Å². The first kappa shape index (κ1) is 15.2. The molecule has 0 saturated carbocycles. The molecule has 0 spiro atoms. The average molecular weight is 412 g/mol. The van der Waals surface area contributed by atoms with E-state index in [-0.39, 0.29) is 5.82 Å². The fraction of sp³-hybridized carbons (Fsp3) is 0.333. The van der Waals surface area contributed by atoms with E-state index in [1.807, 2.05) is 6.07 Å². The molecule has 0 amide bonds. The summed E-state index contributed by atoms with van der Waals surface area (Å²) in [5.74, 6) is 0.335. The molecule has 0 N–H and O–H groups in total. The Bertz CT molecular complexity index is 619. The first-order valence-corrected chi connectivity index (χ1v) is 9.01. The molecule has 0 heterocycles. The van der Waals surface area contributed by atoms with Crippen molar-refractivity contribution in [3.05, 3.63) is 69.4 Å². The van der Waals surface area contributed by atoms with Crippen LogP contribution in [0.1, 0.15) is 34.4 Å². The third-order valence-corrected chi connectivity index (χ3v) is 5.91. The summed E-state index contributed by atoms with van der Waals surface area (Å²) in [5.41, 5.74) is 3.91. The van der Waals surface area contributed by atoms with Gasteiger partial charge in [0.15, 0.2) is 0 Å². The van der Waals surface area contributed by atoms with E-state index in [1.165, 1.54) is 30.0 Å². The van der Waals surface area contributed by atoms with Crippen molar-refractivity contribution in [1.82, 2.24) is 0 Å². The maximum Gasteiger partial charge on any atom is 0.124 e. The molecule has 2 atom stereocenters. The third-order valence-electron chi connectivity index (χ3n) is 4.21. The smallest absolute Gasteiger partial charge is 0.124 e. The highest BCUT2D eigenvalue weighted by Crippen LogP contribution is 2.41. The van der Waals surface area contributed by atoms with Crippen molar-refractivity contribution in [2.24, 2.45) is 5.92 Å². The van der Waals surface area contributed by atoms with Crippen molar-refractivity contribution < 1.29 is 4.39 Å². The number of halogens is 3. The van der Waals surface area contributed by atoms with E-state index in [9.17, 15) is 4.39 Å². The van der Waals surface area contributed by atoms with Crippen molar-refractivity contribution in [3.63, 3.8) is 0 Å². The molecule has 1 aliphatic carbocycles. The van der Waals surface area contributed by atoms with E-state index in [2.05, 4.69) is 56.1 Å². The standard InChI is InChI=1S/C18H17Br2F/c19-15-9-12(10-16(21)11-15)8-14-6-3-5-13-4-1-2-7-17(13)18(14)20/h1-2,4,7,9-11,14,18H,3,5-6,8H2. The van der Waals surface area contributed by atoms with Crippen LogP contribution in [0.2, 0.25) is 0 Å². The molecule has 0 radical (unpaired) electrons. The lowest BCUT2D eigenvalue weighted by Crippen LogP contribution is -2.10. The minimum Gasteiger partial charge on any atom is -0.207 e. The maximum absolute atomic E-state index is 13.6. The van der Waals surface area contributed by atoms with Crippen LogP contribution in [0.25, 0.3) is 0 Å². The number of rotatable bonds is 2. The summed E-state index contributed by atoms with van der Waals surface area (Å²) in [4.78, 5) is 0.346. The normalized spacial score (nSPS) is 21.7. The van der Waals surface area contributed by atoms with Gasteiger partial charge >= 0.3 is 0 Å². The van der Waals surface area contributed by atoms with Crippen LogP contribution in [-0.4, -0.2) is 0 Å². The highest BCUT2D eigenvalue weighted by Gasteiger charge is 2.25. The van der Waals surface area contributed by atoms with Gasteiger partial charge in [-0.3, -0.25) is 0 Å². The summed E-state index contributed by atoms with van der Waals surface area (Å²) in [6, 6.07) is 13.9. The highest BCUT2D eigenvalue weighted by atomic mass is 79.9. The molecular formula is C18H17Br2F. The molecule has 2 aromatic rings. The van der Waals surface area contributed by atoms with Crippen molar-refractivity contribution in [3.8, 4) is 0 Å². The van der Waals surface area contributed by atoms with E-state index in [0.29, 0.717) is 10.7 Å². The van der Waals surface area contributed by atoms with Gasteiger partial charge in [0, 0.05) is 9.30 Å². The van der Waals surface area contributed by atoms with Gasteiger partial charge in [-0.1, -0.05) is 56.1 Å². The molecule has 3 heteroatoms. The highest BCUT2D eigenvalue weighted by molar-refractivity contribution is 9.10. The quantitative estimate of drug-likeness (QED) is 0.406. The van der Waals surface area contributed by atoms with Crippen LogP contribution in [0.5, 0.6) is 0 Å². The summed E-state index contributed by atoms with van der Waals surface area (Å²) >= 11 is 7.27. The van der Waals surface area contributed by atoms with Crippen LogP contribution >= 0.6 is 31.9 Å². The monoisotopic (exact) mass is 410 g/mol. The summed E-state index contributed by atoms with van der Waals surface area (Å²) in [6.45, 7) is 0. The van der Waals surface area contributed by atoms with Crippen LogP contribution in [0, 0.1) is 11.7 Å². The van der Waals surface area contributed by atoms with Gasteiger partial charge in [0.1, 0.15) is 5.82 Å². The van der Waals surface area contributed by atoms with E-state index < -0.39 is 0 Å². The number of fused-ring (bicyclic) bond motifs is 1. The van der Waals surface area contributed by atoms with Gasteiger partial charge in [-0.25, -0.2) is 4.39 Å². The minimum absolute atomic E-state index is 0.167. The van der Waals surface area contributed by atoms with Gasteiger partial charge in [-0.2, -0.15) is 0 Å². The van der Waals surface area contributed by atoms with Gasteiger partial charge in [0.05, 0.1) is 0 Å². The Hall–Kier alpha value is -0.670. The first-order chi connectivity index (χ1) is 10.1. The van der Waals surface area contributed by atoms with Gasteiger partial charge in [0.2, 0.25) is 0 Å². The lowest BCUT2D eigenvalue weighted by molar-refractivity contribution is 0.473. The van der Waals surface area contributed by atoms with Gasteiger partial charge in [-0.15, -0.1) is 0 Å². The molecule has 21 heavy (non-hydrogen) atoms. The predicted molar refractivity (Wildman–Crippen MR) is 92.3 cm³/mol. The van der Waals surface area contributed by atoms with Crippen molar-refractivity contribution >= 4 is 31.9 Å². The largest absolute Gasteiger partial charge is 0.207 e. The lowest BCUT2D eigenvalue weighted by atomic mass is 9.90. The molecule has 0 nitrogen and oxygen atoms in total. The van der Waals surface area contributed by atoms with Gasteiger partial charge in [0.25, 0.3) is 0 Å². The topological polar surface area (TPSA) is 0 Å². The number of alkyl halides is 1. The molecule has 0 aliphatic heterocycles. The lowest BCUT2D eigenvalue weighted by Gasteiger charge is -2.22. The molecule has 2 unspecified atom stereocenters. The summed E-state index contributed by atoms with van der Waals surface area (Å²) in [7, 11) is 0. The Labute approximate surface area is 142 Å². The van der Waals surface area contributed by atoms with Gasteiger partial charge in [-0.05, 0) is 66.5 Å². The molecule has 0 saturated heterocycles. The molecule has 3 rings (SSSR count). The summed E-state index contributed by atoms with van der Waals surface area (Å²) in [6.07, 6.45) is 4.40. The van der Waals surface area contributed by atoms with Gasteiger partial charge < -0.3 is 0 Å². The second-order valence-corrected chi connectivity index (χ2v) is 7.64. The van der Waals surface area contributed by atoms with Crippen molar-refractivity contribution in [2.45, 2.75) is 30.5 Å². The number of benzene rings is 2. The van der Waals surface area contributed by atoms with Crippen LogP contribution < -0.4 is 0 Å². The number of hydrogen-bond acceptors (Lipinski definition) is 0. The maximum atomic E-state index is 13.6. The fourth-order valence-electron chi connectivity index (χ4n) is 3.22. The SMILES string of the molecule is Fc1cc(Br)cc(CC2CCCc3ccccc3C2Br)c1. The Kier molecular flexibility index (Phi) is 4.80. The predicted octanol–water partition coefficient (Wildman–Crippen LogP) is 6.22. The van der Waals surface area contributed by atoms with E-state index in [0.717, 1.165) is 22.9 Å². The summed E-state index contributed by atoms with van der Waals surface area (Å²) < 4.78 is 14.4. The molecule has 1 aliphatic rings. The zero-order valence-corrected chi connectivity index (χ0v) is 14.8. The Balaban J connectivity index is 1.85. The zero-order valence-electron chi connectivity index (χ0n) is 11.7. The molecule has 0 aromatic heterocycles. The Morgan fingerprint density at radius 2 is 1.95 bits per heavy atom. The van der Waals surface area contributed by atoms with E-state index >= 15 is 0 Å². The Morgan fingerprint density at radius 1 is 1.14 bits per heavy atom. The number of aryl methyl sites for hydroxylation is 1. The number of hydrogen-bond donors (Lipinski definition) is 0. The summed E-state index contributed by atoms with van der Waals surface area (Å²) in [5, 5.41) is 0. The molecule has 0 bridgehead atoms. The van der Waals surface area contributed by atoms with Crippen LogP contribution in [-0.2, 0) is 12.8 Å². The molecular weight excluding hydrogens is 395 g/mol. The zero-order chi connectivity index (χ0) is 14.8.